The van der Waals surface area contributed by atoms with Crippen molar-refractivity contribution in [2.45, 2.75) is 130 Å². The molecule has 0 spiro atoms. The van der Waals surface area contributed by atoms with Crippen molar-refractivity contribution in [1.82, 2.24) is 0 Å². The molecule has 0 aromatic carbocycles. The maximum atomic E-state index is 13.1. The van der Waals surface area contributed by atoms with E-state index in [1.165, 1.54) is 11.1 Å². The summed E-state index contributed by atoms with van der Waals surface area (Å²) >= 11 is 0. The molecule has 1 fully saturated rings. The predicted molar refractivity (Wildman–Crippen MR) is 161 cm³/mol. The van der Waals surface area contributed by atoms with Crippen LogP contribution in [0.5, 0.6) is 0 Å². The standard InChI is InChI=1S/C31H54O3Si2/c1-21(2)36(22(3)4,23(5)6)33-18-17-24(7)27-15-14-16-29(32)28(27)20-26-19-25(8)30(34-26)35(12,13)31(9,10)11/h17,19-23,27H,14-16,18H2,1-13H3/b24-17+,28-20+/t27-/m0/s1. The van der Waals surface area contributed by atoms with Crippen LogP contribution in [0.1, 0.15) is 99.8 Å². The van der Waals surface area contributed by atoms with Gasteiger partial charge in [0.05, 0.1) is 12.0 Å². The molecule has 0 unspecified atom stereocenters. The van der Waals surface area contributed by atoms with Gasteiger partial charge in [-0.1, -0.05) is 87.1 Å². The van der Waals surface area contributed by atoms with Gasteiger partial charge in [-0.05, 0) is 66.1 Å². The van der Waals surface area contributed by atoms with E-state index >= 15 is 0 Å². The molecule has 0 saturated heterocycles. The third-order valence-corrected chi connectivity index (χ3v) is 20.7. The van der Waals surface area contributed by atoms with Crippen LogP contribution in [-0.4, -0.2) is 28.8 Å². The zero-order chi connectivity index (χ0) is 27.6. The highest BCUT2D eigenvalue weighted by Gasteiger charge is 2.45. The highest BCUT2D eigenvalue weighted by atomic mass is 28.4. The number of Topliss-reactive ketones (excluding diaryl/α,β-unsaturated/α-hetero) is 1. The molecule has 1 aromatic heterocycles. The average molecular weight is 531 g/mol. The summed E-state index contributed by atoms with van der Waals surface area (Å²) in [5, 5.41) is 1.35. The molecular weight excluding hydrogens is 477 g/mol. The average Bonchev–Trinajstić information content (AvgIpc) is 3.11. The monoisotopic (exact) mass is 530 g/mol. The van der Waals surface area contributed by atoms with Crippen molar-refractivity contribution in [2.75, 3.05) is 6.61 Å². The molecule has 1 aromatic rings. The Hall–Kier alpha value is -1.18. The molecule has 204 valence electrons. The number of rotatable bonds is 9. The third-order valence-electron chi connectivity index (χ3n) is 9.27. The molecule has 3 nitrogen and oxygen atoms in total. The first-order valence-electron chi connectivity index (χ1n) is 14.1. The molecule has 1 heterocycles. The van der Waals surface area contributed by atoms with Crippen molar-refractivity contribution >= 4 is 33.6 Å². The number of ketones is 1. The maximum absolute atomic E-state index is 13.1. The molecule has 0 radical (unpaired) electrons. The van der Waals surface area contributed by atoms with Gasteiger partial charge in [-0.3, -0.25) is 4.79 Å². The van der Waals surface area contributed by atoms with E-state index in [4.69, 9.17) is 8.84 Å². The number of hydrogen-bond acceptors (Lipinski definition) is 3. The molecule has 0 bridgehead atoms. The van der Waals surface area contributed by atoms with E-state index in [1.807, 2.05) is 6.08 Å². The van der Waals surface area contributed by atoms with Gasteiger partial charge in [0.25, 0.3) is 0 Å². The Morgan fingerprint density at radius 1 is 1.11 bits per heavy atom. The minimum Gasteiger partial charge on any atom is -0.467 e. The van der Waals surface area contributed by atoms with Crippen LogP contribution >= 0.6 is 0 Å². The first-order chi connectivity index (χ1) is 16.5. The van der Waals surface area contributed by atoms with Gasteiger partial charge >= 0.3 is 0 Å². The van der Waals surface area contributed by atoms with Gasteiger partial charge in [0.15, 0.2) is 5.78 Å². The molecule has 5 heteroatoms. The summed E-state index contributed by atoms with van der Waals surface area (Å²) in [6.45, 7) is 30.6. The van der Waals surface area contributed by atoms with Crippen LogP contribution < -0.4 is 5.38 Å². The predicted octanol–water partition coefficient (Wildman–Crippen LogP) is 9.19. The number of carbonyl (C=O) groups is 1. The van der Waals surface area contributed by atoms with Crippen molar-refractivity contribution < 1.29 is 13.6 Å². The number of aryl methyl sites for hydroxylation is 1. The van der Waals surface area contributed by atoms with E-state index in [1.54, 1.807) is 0 Å². The van der Waals surface area contributed by atoms with Crippen molar-refractivity contribution in [3.05, 3.63) is 34.6 Å². The number of allylic oxidation sites excluding steroid dienone is 2. The van der Waals surface area contributed by atoms with Gasteiger partial charge in [-0.15, -0.1) is 0 Å². The van der Waals surface area contributed by atoms with Crippen molar-refractivity contribution in [3.63, 3.8) is 0 Å². The Morgan fingerprint density at radius 2 is 1.67 bits per heavy atom. The first-order valence-corrected chi connectivity index (χ1v) is 19.3. The molecule has 1 aliphatic carbocycles. The Bertz CT molecular complexity index is 949. The molecule has 1 saturated carbocycles. The molecular formula is C31H54O3Si2. The minimum absolute atomic E-state index is 0.143. The SMILES string of the molecule is C/C(=C\CO[Si](C(C)C)(C(C)C)C(C)C)[C@@H]1CCCC(=O)/C1=C/c1cc(C)c([Si](C)(C)C(C)(C)C)o1. The summed E-state index contributed by atoms with van der Waals surface area (Å²) in [4.78, 5) is 13.1. The summed E-state index contributed by atoms with van der Waals surface area (Å²) in [6, 6.07) is 2.14. The summed E-state index contributed by atoms with van der Waals surface area (Å²) < 4.78 is 13.3. The van der Waals surface area contributed by atoms with Crippen molar-refractivity contribution in [2.24, 2.45) is 5.92 Å². The van der Waals surface area contributed by atoms with E-state index in [-0.39, 0.29) is 16.7 Å². The fraction of sp³-hybridized carbons (Fsp3) is 0.710. The van der Waals surface area contributed by atoms with Crippen LogP contribution in [0.3, 0.4) is 0 Å². The fourth-order valence-electron chi connectivity index (χ4n) is 6.27. The van der Waals surface area contributed by atoms with Gasteiger partial charge in [0, 0.05) is 17.9 Å². The molecule has 0 N–H and O–H groups in total. The van der Waals surface area contributed by atoms with E-state index in [0.29, 0.717) is 29.7 Å². The van der Waals surface area contributed by atoms with Crippen molar-refractivity contribution in [3.8, 4) is 0 Å². The second kappa shape index (κ2) is 11.7. The van der Waals surface area contributed by atoms with E-state index in [2.05, 4.69) is 101 Å². The van der Waals surface area contributed by atoms with Crippen LogP contribution in [-0.2, 0) is 9.22 Å². The number of carbonyl (C=O) groups excluding carboxylic acids is 1. The normalized spacial score (nSPS) is 19.9. The lowest BCUT2D eigenvalue weighted by Gasteiger charge is -2.42. The second-order valence-corrected chi connectivity index (χ2v) is 24.2. The quantitative estimate of drug-likeness (QED) is 0.181. The van der Waals surface area contributed by atoms with E-state index in [0.717, 1.165) is 29.6 Å². The zero-order valence-corrected chi connectivity index (χ0v) is 27.6. The van der Waals surface area contributed by atoms with Crippen LogP contribution in [0, 0.1) is 12.8 Å². The van der Waals surface area contributed by atoms with Gasteiger partial charge in [0.1, 0.15) is 13.8 Å². The Kier molecular flexibility index (Phi) is 10.1. The number of furan rings is 1. The molecule has 0 aliphatic heterocycles. The highest BCUT2D eigenvalue weighted by molar-refractivity contribution is 6.91. The van der Waals surface area contributed by atoms with E-state index < -0.39 is 16.4 Å². The van der Waals surface area contributed by atoms with Crippen LogP contribution in [0.4, 0.5) is 0 Å². The van der Waals surface area contributed by atoms with Crippen LogP contribution in [0.25, 0.3) is 6.08 Å². The Morgan fingerprint density at radius 3 is 2.17 bits per heavy atom. The summed E-state index contributed by atoms with van der Waals surface area (Å²) in [6.07, 6.45) is 6.88. The van der Waals surface area contributed by atoms with Gasteiger partial charge < -0.3 is 8.84 Å². The smallest absolute Gasteiger partial charge is 0.200 e. The van der Waals surface area contributed by atoms with Crippen LogP contribution in [0.15, 0.2) is 27.7 Å². The first kappa shape index (κ1) is 31.0. The lowest BCUT2D eigenvalue weighted by molar-refractivity contribution is -0.116. The maximum Gasteiger partial charge on any atom is 0.200 e. The van der Waals surface area contributed by atoms with Crippen LogP contribution in [0.2, 0.25) is 34.8 Å². The van der Waals surface area contributed by atoms with E-state index in [9.17, 15) is 4.79 Å². The lowest BCUT2D eigenvalue weighted by atomic mass is 9.78. The molecule has 2 rings (SSSR count). The topological polar surface area (TPSA) is 39.4 Å². The third kappa shape index (κ3) is 6.27. The minimum atomic E-state index is -1.91. The van der Waals surface area contributed by atoms with Gasteiger partial charge in [-0.25, -0.2) is 0 Å². The fourth-order valence-corrected chi connectivity index (χ4v) is 13.8. The lowest BCUT2D eigenvalue weighted by Crippen LogP contribution is -2.49. The second-order valence-electron chi connectivity index (χ2n) is 13.6. The summed E-state index contributed by atoms with van der Waals surface area (Å²) in [5.41, 5.74) is 5.07. The van der Waals surface area contributed by atoms with Gasteiger partial charge in [0.2, 0.25) is 8.32 Å². The molecule has 1 aliphatic rings. The Balaban J connectivity index is 2.36. The molecule has 0 amide bonds. The summed E-state index contributed by atoms with van der Waals surface area (Å²) in [7, 11) is -3.70. The Labute approximate surface area is 224 Å². The van der Waals surface area contributed by atoms with Gasteiger partial charge in [-0.2, -0.15) is 0 Å². The summed E-state index contributed by atoms with van der Waals surface area (Å²) in [5.74, 6) is 1.24. The zero-order valence-electron chi connectivity index (χ0n) is 25.6. The molecule has 36 heavy (non-hydrogen) atoms. The van der Waals surface area contributed by atoms with Crippen molar-refractivity contribution in [1.29, 1.82) is 0 Å². The highest BCUT2D eigenvalue weighted by Crippen LogP contribution is 2.42. The molecule has 1 atom stereocenters. The number of hydrogen-bond donors (Lipinski definition) is 0. The largest absolute Gasteiger partial charge is 0.467 e.